The van der Waals surface area contributed by atoms with Crippen LogP contribution in [0.15, 0.2) is 79.1 Å². The van der Waals surface area contributed by atoms with E-state index in [4.69, 9.17) is 25.8 Å². The minimum absolute atomic E-state index is 0.0869. The normalized spacial score (nSPS) is 14.6. The lowest BCUT2D eigenvalue weighted by molar-refractivity contribution is -0.385. The van der Waals surface area contributed by atoms with Gasteiger partial charge >= 0.3 is 0 Å². The number of halogens is 1. The lowest BCUT2D eigenvalue weighted by Crippen LogP contribution is -2.15. The van der Waals surface area contributed by atoms with Crippen molar-refractivity contribution in [3.8, 4) is 29.0 Å². The zero-order valence-corrected chi connectivity index (χ0v) is 18.5. The van der Waals surface area contributed by atoms with Crippen molar-refractivity contribution in [1.82, 2.24) is 9.97 Å². The molecule has 1 atom stereocenters. The molecule has 9 heteroatoms. The smallest absolute Gasteiger partial charge is 0.287 e. The van der Waals surface area contributed by atoms with Crippen LogP contribution >= 0.6 is 11.6 Å². The Morgan fingerprint density at radius 3 is 2.41 bits per heavy atom. The Morgan fingerprint density at radius 1 is 0.941 bits per heavy atom. The summed E-state index contributed by atoms with van der Waals surface area (Å²) in [5, 5.41) is 11.3. The van der Waals surface area contributed by atoms with Gasteiger partial charge in [-0.1, -0.05) is 23.7 Å². The van der Waals surface area contributed by atoms with Crippen LogP contribution in [0.3, 0.4) is 0 Å². The largest absolute Gasteiger partial charge is 0.485 e. The molecule has 4 aromatic rings. The van der Waals surface area contributed by atoms with E-state index in [1.807, 2.05) is 36.4 Å². The predicted molar refractivity (Wildman–Crippen MR) is 125 cm³/mol. The van der Waals surface area contributed by atoms with Gasteiger partial charge in [0.05, 0.1) is 9.95 Å². The number of benzene rings is 2. The number of nitro groups is 1. The lowest BCUT2D eigenvalue weighted by atomic mass is 9.97. The van der Waals surface area contributed by atoms with Crippen LogP contribution in [0.2, 0.25) is 5.02 Å². The summed E-state index contributed by atoms with van der Waals surface area (Å²) < 4.78 is 17.8. The van der Waals surface area contributed by atoms with Crippen molar-refractivity contribution in [3.63, 3.8) is 0 Å². The Bertz CT molecular complexity index is 1330. The number of rotatable bonds is 6. The van der Waals surface area contributed by atoms with Crippen molar-refractivity contribution in [2.24, 2.45) is 0 Å². The topological polar surface area (TPSA) is 96.6 Å². The van der Waals surface area contributed by atoms with E-state index in [-0.39, 0.29) is 17.7 Å². The minimum Gasteiger partial charge on any atom is -0.485 e. The van der Waals surface area contributed by atoms with Crippen molar-refractivity contribution in [2.75, 3.05) is 0 Å². The second kappa shape index (κ2) is 9.36. The molecule has 1 aliphatic rings. The van der Waals surface area contributed by atoms with E-state index >= 15 is 0 Å². The molecule has 34 heavy (non-hydrogen) atoms. The molecule has 0 saturated heterocycles. The summed E-state index contributed by atoms with van der Waals surface area (Å²) in [5.74, 6) is 2.79. The Hall–Kier alpha value is -4.17. The molecule has 170 valence electrons. The number of nitrogens with zero attached hydrogens (tertiary/aromatic N) is 3. The van der Waals surface area contributed by atoms with Gasteiger partial charge in [-0.05, 0) is 60.4 Å². The number of pyridine rings is 2. The average molecular weight is 476 g/mol. The van der Waals surface area contributed by atoms with Gasteiger partial charge < -0.3 is 14.2 Å². The maximum atomic E-state index is 10.8. The first-order valence-corrected chi connectivity index (χ1v) is 10.9. The first kappa shape index (κ1) is 21.7. The van der Waals surface area contributed by atoms with Crippen molar-refractivity contribution in [3.05, 3.63) is 105 Å². The molecular formula is C25H18ClN3O5. The molecule has 1 aliphatic heterocycles. The quantitative estimate of drug-likeness (QED) is 0.226. The van der Waals surface area contributed by atoms with Crippen LogP contribution in [0.4, 0.5) is 5.69 Å². The van der Waals surface area contributed by atoms with E-state index in [1.165, 1.54) is 24.5 Å². The van der Waals surface area contributed by atoms with Gasteiger partial charge in [0.2, 0.25) is 11.8 Å². The maximum Gasteiger partial charge on any atom is 0.287 e. The van der Waals surface area contributed by atoms with Crippen LogP contribution in [-0.4, -0.2) is 14.9 Å². The molecule has 0 amide bonds. The van der Waals surface area contributed by atoms with Gasteiger partial charge in [0.25, 0.3) is 5.69 Å². The van der Waals surface area contributed by atoms with Gasteiger partial charge in [-0.3, -0.25) is 10.1 Å². The number of ether oxygens (including phenoxy) is 3. The predicted octanol–water partition coefficient (Wildman–Crippen LogP) is 6.69. The molecule has 3 heterocycles. The summed E-state index contributed by atoms with van der Waals surface area (Å²) in [6.45, 7) is 0. The Kier molecular flexibility index (Phi) is 5.97. The standard InChI is InChI=1S/C25H18ClN3O5/c26-18-5-10-24(27-14-18)32-20-3-1-2-16(12-20)22-8-4-17-13-21(7-9-23(17)34-22)33-25-11-6-19(15-28-25)29(30)31/h1-3,5-7,9-15,22H,4,8H2. The molecule has 8 nitrogen and oxygen atoms in total. The van der Waals surface area contributed by atoms with E-state index in [2.05, 4.69) is 9.97 Å². The van der Waals surface area contributed by atoms with E-state index < -0.39 is 4.92 Å². The fraction of sp³-hybridized carbons (Fsp3) is 0.120. The van der Waals surface area contributed by atoms with E-state index in [0.717, 1.165) is 29.7 Å². The highest BCUT2D eigenvalue weighted by molar-refractivity contribution is 6.30. The van der Waals surface area contributed by atoms with Gasteiger partial charge in [-0.2, -0.15) is 0 Å². The van der Waals surface area contributed by atoms with Crippen LogP contribution in [-0.2, 0) is 6.42 Å². The zero-order chi connectivity index (χ0) is 23.5. The van der Waals surface area contributed by atoms with Gasteiger partial charge in [0.1, 0.15) is 29.5 Å². The average Bonchev–Trinajstić information content (AvgIpc) is 2.86. The summed E-state index contributed by atoms with van der Waals surface area (Å²) >= 11 is 5.88. The molecule has 0 bridgehead atoms. The van der Waals surface area contributed by atoms with E-state index in [1.54, 1.807) is 18.2 Å². The van der Waals surface area contributed by atoms with Gasteiger partial charge in [0, 0.05) is 24.4 Å². The molecule has 0 N–H and O–H groups in total. The molecule has 0 saturated carbocycles. The Morgan fingerprint density at radius 2 is 1.71 bits per heavy atom. The highest BCUT2D eigenvalue weighted by Gasteiger charge is 2.22. The van der Waals surface area contributed by atoms with Crippen molar-refractivity contribution in [2.45, 2.75) is 18.9 Å². The molecule has 5 rings (SSSR count). The summed E-state index contributed by atoms with van der Waals surface area (Å²) in [5.41, 5.74) is 1.94. The molecular weight excluding hydrogens is 458 g/mol. The highest BCUT2D eigenvalue weighted by atomic mass is 35.5. The molecule has 0 spiro atoms. The second-order valence-electron chi connectivity index (χ2n) is 7.62. The number of hydrogen-bond acceptors (Lipinski definition) is 7. The highest BCUT2D eigenvalue weighted by Crippen LogP contribution is 2.38. The van der Waals surface area contributed by atoms with Crippen LogP contribution < -0.4 is 14.2 Å². The van der Waals surface area contributed by atoms with Gasteiger partial charge in [-0.15, -0.1) is 0 Å². The van der Waals surface area contributed by atoms with Gasteiger partial charge in [0.15, 0.2) is 0 Å². The summed E-state index contributed by atoms with van der Waals surface area (Å²) in [7, 11) is 0. The molecule has 1 unspecified atom stereocenters. The summed E-state index contributed by atoms with van der Waals surface area (Å²) in [4.78, 5) is 18.4. The number of fused-ring (bicyclic) bond motifs is 1. The number of aryl methyl sites for hydroxylation is 1. The molecule has 0 aliphatic carbocycles. The summed E-state index contributed by atoms with van der Waals surface area (Å²) in [6, 6.07) is 19.6. The van der Waals surface area contributed by atoms with Crippen LogP contribution in [0.1, 0.15) is 23.7 Å². The summed E-state index contributed by atoms with van der Waals surface area (Å²) in [6.07, 6.45) is 4.18. The lowest BCUT2D eigenvalue weighted by Gasteiger charge is -2.27. The van der Waals surface area contributed by atoms with Crippen molar-refractivity contribution in [1.29, 1.82) is 0 Å². The molecule has 0 fully saturated rings. The van der Waals surface area contributed by atoms with Crippen LogP contribution in [0.25, 0.3) is 0 Å². The van der Waals surface area contributed by atoms with E-state index in [0.29, 0.717) is 22.4 Å². The van der Waals surface area contributed by atoms with Crippen molar-refractivity contribution < 1.29 is 19.1 Å². The van der Waals surface area contributed by atoms with Crippen LogP contribution in [0, 0.1) is 10.1 Å². The monoisotopic (exact) mass is 475 g/mol. The number of aromatic nitrogens is 2. The Labute approximate surface area is 199 Å². The van der Waals surface area contributed by atoms with Gasteiger partial charge in [-0.25, -0.2) is 9.97 Å². The fourth-order valence-corrected chi connectivity index (χ4v) is 3.76. The first-order valence-electron chi connectivity index (χ1n) is 10.5. The fourth-order valence-electron chi connectivity index (χ4n) is 3.65. The minimum atomic E-state index is -0.500. The first-order chi connectivity index (χ1) is 16.5. The molecule has 0 radical (unpaired) electrons. The SMILES string of the molecule is O=[N+]([O-])c1ccc(Oc2ccc3c(c2)CCC(c2cccc(Oc4ccc(Cl)cn4)c2)O3)nc1. The second-order valence-corrected chi connectivity index (χ2v) is 8.05. The van der Waals surface area contributed by atoms with Crippen LogP contribution in [0.5, 0.6) is 29.0 Å². The molecule has 2 aromatic carbocycles. The third-order valence-corrected chi connectivity index (χ3v) is 5.51. The maximum absolute atomic E-state index is 10.8. The third kappa shape index (κ3) is 4.92. The third-order valence-electron chi connectivity index (χ3n) is 5.28. The molecule has 2 aromatic heterocycles. The van der Waals surface area contributed by atoms with E-state index in [9.17, 15) is 10.1 Å². The zero-order valence-electron chi connectivity index (χ0n) is 17.8. The van der Waals surface area contributed by atoms with Crippen molar-refractivity contribution >= 4 is 17.3 Å². The Balaban J connectivity index is 1.27. The number of hydrogen-bond donors (Lipinski definition) is 0.